The van der Waals surface area contributed by atoms with Crippen molar-refractivity contribution in [3.63, 3.8) is 0 Å². The summed E-state index contributed by atoms with van der Waals surface area (Å²) in [6.07, 6.45) is 4.69. The van der Waals surface area contributed by atoms with Crippen LogP contribution in [0, 0.1) is 6.92 Å². The fourth-order valence-electron chi connectivity index (χ4n) is 2.82. The summed E-state index contributed by atoms with van der Waals surface area (Å²) in [7, 11) is 1.70. The number of aliphatic hydroxyl groups is 1. The zero-order valence-electron chi connectivity index (χ0n) is 11.1. The van der Waals surface area contributed by atoms with Crippen LogP contribution in [0.25, 0.3) is 0 Å². The summed E-state index contributed by atoms with van der Waals surface area (Å²) in [4.78, 5) is 0. The normalized spacial score (nSPS) is 20.7. The molecule has 1 aliphatic rings. The van der Waals surface area contributed by atoms with Crippen molar-refractivity contribution in [2.24, 2.45) is 0 Å². The summed E-state index contributed by atoms with van der Waals surface area (Å²) >= 11 is 6.13. The van der Waals surface area contributed by atoms with Crippen molar-refractivity contribution in [1.82, 2.24) is 0 Å². The van der Waals surface area contributed by atoms with Crippen LogP contribution in [-0.4, -0.2) is 17.8 Å². The number of rotatable bonds is 3. The zero-order valence-corrected chi connectivity index (χ0v) is 11.8. The highest BCUT2D eigenvalue weighted by Crippen LogP contribution is 2.41. The number of halogens is 1. The van der Waals surface area contributed by atoms with Crippen molar-refractivity contribution in [3.05, 3.63) is 34.3 Å². The molecule has 2 nitrogen and oxygen atoms in total. The highest BCUT2D eigenvalue weighted by atomic mass is 35.5. The Morgan fingerprint density at radius 1 is 1.28 bits per heavy atom. The van der Waals surface area contributed by atoms with E-state index in [0.29, 0.717) is 5.02 Å². The van der Waals surface area contributed by atoms with Crippen LogP contribution in [0.1, 0.15) is 49.3 Å². The van der Waals surface area contributed by atoms with Gasteiger partial charge in [-0.1, -0.05) is 43.0 Å². The van der Waals surface area contributed by atoms with E-state index in [0.717, 1.165) is 36.8 Å². The summed E-state index contributed by atoms with van der Waals surface area (Å²) in [6.45, 7) is 1.96. The molecule has 0 bridgehead atoms. The Bertz CT molecular complexity index is 411. The standard InChI is InChI=1S/C15H21ClO2/c1-11-6-7-12(10-13(11)16)14(17)15(18-2)8-4-3-5-9-15/h6-7,10,14,17H,3-5,8-9H2,1-2H3. The number of benzene rings is 1. The Morgan fingerprint density at radius 2 is 1.94 bits per heavy atom. The first-order chi connectivity index (χ1) is 8.59. The topological polar surface area (TPSA) is 29.5 Å². The highest BCUT2D eigenvalue weighted by molar-refractivity contribution is 6.31. The molecule has 0 saturated heterocycles. The van der Waals surface area contributed by atoms with Crippen molar-refractivity contribution in [2.45, 2.75) is 50.7 Å². The van der Waals surface area contributed by atoms with Crippen LogP contribution in [-0.2, 0) is 4.74 Å². The molecule has 0 aliphatic heterocycles. The van der Waals surface area contributed by atoms with Crippen LogP contribution in [0.2, 0.25) is 5.02 Å². The second-order valence-electron chi connectivity index (χ2n) is 5.24. The lowest BCUT2D eigenvalue weighted by molar-refractivity contribution is -0.125. The summed E-state index contributed by atoms with van der Waals surface area (Å²) in [6, 6.07) is 5.76. The number of hydrogen-bond donors (Lipinski definition) is 1. The van der Waals surface area contributed by atoms with Gasteiger partial charge in [-0.25, -0.2) is 0 Å². The first-order valence-electron chi connectivity index (χ1n) is 6.58. The molecule has 1 atom stereocenters. The van der Waals surface area contributed by atoms with Crippen LogP contribution in [0.4, 0.5) is 0 Å². The van der Waals surface area contributed by atoms with E-state index in [-0.39, 0.29) is 0 Å². The van der Waals surface area contributed by atoms with Gasteiger partial charge in [-0.3, -0.25) is 0 Å². The van der Waals surface area contributed by atoms with E-state index < -0.39 is 11.7 Å². The number of aliphatic hydroxyl groups excluding tert-OH is 1. The fourth-order valence-corrected chi connectivity index (χ4v) is 3.01. The van der Waals surface area contributed by atoms with Gasteiger partial charge >= 0.3 is 0 Å². The van der Waals surface area contributed by atoms with E-state index in [1.54, 1.807) is 7.11 Å². The first-order valence-corrected chi connectivity index (χ1v) is 6.96. The van der Waals surface area contributed by atoms with Crippen molar-refractivity contribution in [3.8, 4) is 0 Å². The second kappa shape index (κ2) is 5.60. The van der Waals surface area contributed by atoms with Crippen molar-refractivity contribution in [2.75, 3.05) is 7.11 Å². The van der Waals surface area contributed by atoms with Gasteiger partial charge in [0, 0.05) is 12.1 Å². The molecule has 1 unspecified atom stereocenters. The van der Waals surface area contributed by atoms with Crippen molar-refractivity contribution >= 4 is 11.6 Å². The summed E-state index contributed by atoms with van der Waals surface area (Å²) in [5, 5.41) is 11.3. The Labute approximate surface area is 114 Å². The predicted octanol–water partition coefficient (Wildman–Crippen LogP) is 4.03. The van der Waals surface area contributed by atoms with Gasteiger partial charge in [0.1, 0.15) is 6.10 Å². The number of hydrogen-bond acceptors (Lipinski definition) is 2. The molecule has 1 saturated carbocycles. The van der Waals surface area contributed by atoms with E-state index in [1.807, 2.05) is 25.1 Å². The van der Waals surface area contributed by atoms with Gasteiger partial charge in [-0.05, 0) is 37.0 Å². The molecule has 0 heterocycles. The van der Waals surface area contributed by atoms with Gasteiger partial charge in [0.25, 0.3) is 0 Å². The van der Waals surface area contributed by atoms with E-state index in [9.17, 15) is 5.11 Å². The minimum atomic E-state index is -0.596. The molecule has 0 spiro atoms. The van der Waals surface area contributed by atoms with E-state index in [2.05, 4.69) is 0 Å². The van der Waals surface area contributed by atoms with E-state index >= 15 is 0 Å². The summed E-state index contributed by atoms with van der Waals surface area (Å²) in [5.41, 5.74) is 1.45. The lowest BCUT2D eigenvalue weighted by atomic mass is 9.78. The van der Waals surface area contributed by atoms with Crippen molar-refractivity contribution < 1.29 is 9.84 Å². The van der Waals surface area contributed by atoms with Crippen LogP contribution >= 0.6 is 11.6 Å². The van der Waals surface area contributed by atoms with Crippen LogP contribution in [0.5, 0.6) is 0 Å². The van der Waals surface area contributed by atoms with Gasteiger partial charge < -0.3 is 9.84 Å². The molecule has 18 heavy (non-hydrogen) atoms. The van der Waals surface area contributed by atoms with Gasteiger partial charge in [-0.15, -0.1) is 0 Å². The van der Waals surface area contributed by atoms with Crippen LogP contribution in [0.15, 0.2) is 18.2 Å². The quantitative estimate of drug-likeness (QED) is 0.897. The molecule has 1 aromatic rings. The largest absolute Gasteiger partial charge is 0.385 e. The Kier molecular flexibility index (Phi) is 4.31. The number of ether oxygens (including phenoxy) is 1. The lowest BCUT2D eigenvalue weighted by Gasteiger charge is -2.40. The average molecular weight is 269 g/mol. The molecule has 0 amide bonds. The maximum absolute atomic E-state index is 10.6. The predicted molar refractivity (Wildman–Crippen MR) is 74.0 cm³/mol. The molecule has 3 heteroatoms. The number of aryl methyl sites for hydroxylation is 1. The summed E-state index contributed by atoms with van der Waals surface area (Å²) in [5.74, 6) is 0. The fraction of sp³-hybridized carbons (Fsp3) is 0.600. The average Bonchev–Trinajstić information content (AvgIpc) is 2.42. The zero-order chi connectivity index (χ0) is 13.2. The molecule has 2 rings (SSSR count). The molecule has 1 aliphatic carbocycles. The molecule has 1 N–H and O–H groups in total. The monoisotopic (exact) mass is 268 g/mol. The molecular weight excluding hydrogens is 248 g/mol. The molecule has 100 valence electrons. The third-order valence-electron chi connectivity index (χ3n) is 4.12. The second-order valence-corrected chi connectivity index (χ2v) is 5.65. The Balaban J connectivity index is 2.27. The highest BCUT2D eigenvalue weighted by Gasteiger charge is 2.40. The lowest BCUT2D eigenvalue weighted by Crippen LogP contribution is -2.40. The van der Waals surface area contributed by atoms with Gasteiger partial charge in [-0.2, -0.15) is 0 Å². The Hall–Kier alpha value is -0.570. The first kappa shape index (κ1) is 13.9. The number of methoxy groups -OCH3 is 1. The van der Waals surface area contributed by atoms with Gasteiger partial charge in [0.2, 0.25) is 0 Å². The SMILES string of the molecule is COC1(C(O)c2ccc(C)c(Cl)c2)CCCCC1. The minimum absolute atomic E-state index is 0.434. The third-order valence-corrected chi connectivity index (χ3v) is 4.52. The molecule has 0 aromatic heterocycles. The van der Waals surface area contributed by atoms with Crippen LogP contribution in [0.3, 0.4) is 0 Å². The Morgan fingerprint density at radius 3 is 2.50 bits per heavy atom. The van der Waals surface area contributed by atoms with Gasteiger partial charge in [0.05, 0.1) is 5.60 Å². The van der Waals surface area contributed by atoms with E-state index in [1.165, 1.54) is 6.42 Å². The van der Waals surface area contributed by atoms with Crippen LogP contribution < -0.4 is 0 Å². The third kappa shape index (κ3) is 2.56. The van der Waals surface area contributed by atoms with Crippen molar-refractivity contribution in [1.29, 1.82) is 0 Å². The molecular formula is C15H21ClO2. The maximum Gasteiger partial charge on any atom is 0.108 e. The summed E-state index contributed by atoms with van der Waals surface area (Å²) < 4.78 is 5.67. The van der Waals surface area contributed by atoms with Gasteiger partial charge in [0.15, 0.2) is 0 Å². The maximum atomic E-state index is 10.6. The molecule has 0 radical (unpaired) electrons. The molecule has 1 fully saturated rings. The van der Waals surface area contributed by atoms with E-state index in [4.69, 9.17) is 16.3 Å². The smallest absolute Gasteiger partial charge is 0.108 e. The molecule has 1 aromatic carbocycles. The minimum Gasteiger partial charge on any atom is -0.385 e.